The van der Waals surface area contributed by atoms with Crippen LogP contribution >= 0.6 is 0 Å². The van der Waals surface area contributed by atoms with Crippen molar-refractivity contribution in [1.82, 2.24) is 20.2 Å². The lowest BCUT2D eigenvalue weighted by atomic mass is 10.0. The lowest BCUT2D eigenvalue weighted by Gasteiger charge is -2.08. The zero-order chi connectivity index (χ0) is 31.2. The van der Waals surface area contributed by atoms with E-state index in [0.29, 0.717) is 57.5 Å². The van der Waals surface area contributed by atoms with Crippen molar-refractivity contribution in [3.63, 3.8) is 0 Å². The van der Waals surface area contributed by atoms with Crippen molar-refractivity contribution in [3.05, 3.63) is 106 Å². The van der Waals surface area contributed by atoms with Gasteiger partial charge in [-0.05, 0) is 61.7 Å². The zero-order valence-corrected chi connectivity index (χ0v) is 24.5. The second-order valence-corrected chi connectivity index (χ2v) is 10.3. The molecule has 0 aliphatic rings. The minimum absolute atomic E-state index is 0.0607. The Morgan fingerprint density at radius 1 is 1.05 bits per heavy atom. The summed E-state index contributed by atoms with van der Waals surface area (Å²) in [6.07, 6.45) is 3.39. The van der Waals surface area contributed by atoms with Gasteiger partial charge in [0.15, 0.2) is 11.7 Å². The molecule has 5 rings (SSSR count). The molecule has 5 aromatic rings. The Hall–Kier alpha value is -5.55. The third-order valence-electron chi connectivity index (χ3n) is 7.06. The van der Waals surface area contributed by atoms with Crippen LogP contribution < -0.4 is 10.8 Å². The molecule has 11 nitrogen and oxygen atoms in total. The second-order valence-electron chi connectivity index (χ2n) is 10.3. The number of H-pyrrole nitrogens is 1. The highest BCUT2D eigenvalue weighted by molar-refractivity contribution is 6.13. The molecule has 0 spiro atoms. The molecule has 0 aliphatic carbocycles. The van der Waals surface area contributed by atoms with E-state index in [9.17, 15) is 19.5 Å². The number of nitrogens with one attached hydrogen (secondary N) is 3. The number of anilines is 1. The average molecular weight is 593 g/mol. The molecule has 2 aromatic heterocycles. The van der Waals surface area contributed by atoms with Crippen molar-refractivity contribution in [2.75, 3.05) is 12.4 Å². The van der Waals surface area contributed by atoms with E-state index in [1.165, 1.54) is 11.8 Å². The van der Waals surface area contributed by atoms with Gasteiger partial charge in [0.2, 0.25) is 5.91 Å². The highest BCUT2D eigenvalue weighted by Gasteiger charge is 2.16. The monoisotopic (exact) mass is 592 g/mol. The molecule has 0 bridgehead atoms. The van der Waals surface area contributed by atoms with Gasteiger partial charge in [-0.3, -0.25) is 28.9 Å². The molecule has 11 heteroatoms. The maximum Gasteiger partial charge on any atom is 0.273 e. The maximum absolute atomic E-state index is 13.4. The Balaban J connectivity index is 1.27. The van der Waals surface area contributed by atoms with Crippen molar-refractivity contribution in [2.24, 2.45) is 12.0 Å². The summed E-state index contributed by atoms with van der Waals surface area (Å²) in [5.41, 5.74) is 7.63. The van der Waals surface area contributed by atoms with Crippen LogP contribution in [0.1, 0.15) is 56.1 Å². The van der Waals surface area contributed by atoms with Gasteiger partial charge in [0.05, 0.1) is 24.1 Å². The number of benzene rings is 3. The highest BCUT2D eigenvalue weighted by Crippen LogP contribution is 2.28. The van der Waals surface area contributed by atoms with Gasteiger partial charge in [0, 0.05) is 47.4 Å². The normalized spacial score (nSPS) is 11.2. The molecule has 2 amide bonds. The topological polar surface area (TPSA) is 151 Å². The molecule has 0 aliphatic heterocycles. The van der Waals surface area contributed by atoms with Crippen molar-refractivity contribution in [3.8, 4) is 5.88 Å². The maximum atomic E-state index is 13.4. The van der Waals surface area contributed by atoms with Crippen molar-refractivity contribution in [2.45, 2.75) is 26.2 Å². The largest absolute Gasteiger partial charge is 0.494 e. The number of aromatic nitrogens is 3. The van der Waals surface area contributed by atoms with Gasteiger partial charge in [0.1, 0.15) is 5.69 Å². The fraction of sp³-hybridized carbons (Fsp3) is 0.182. The van der Waals surface area contributed by atoms with Crippen LogP contribution in [0.15, 0.2) is 77.8 Å². The first-order valence-electron chi connectivity index (χ1n) is 14.0. The van der Waals surface area contributed by atoms with Crippen LogP contribution in [-0.2, 0) is 23.1 Å². The van der Waals surface area contributed by atoms with Crippen LogP contribution in [0.3, 0.4) is 0 Å². The summed E-state index contributed by atoms with van der Waals surface area (Å²) in [4.78, 5) is 49.6. The molecule has 224 valence electrons. The summed E-state index contributed by atoms with van der Waals surface area (Å²) in [5.74, 6) is -0.775. The van der Waals surface area contributed by atoms with E-state index >= 15 is 0 Å². The number of hydroxylamine groups is 1. The smallest absolute Gasteiger partial charge is 0.273 e. The number of carbonyl (C=O) groups is 3. The predicted octanol–water partition coefficient (Wildman–Crippen LogP) is 5.15. The average Bonchev–Trinajstić information content (AvgIpc) is 3.52. The molecule has 0 saturated heterocycles. The van der Waals surface area contributed by atoms with Gasteiger partial charge >= 0.3 is 0 Å². The Morgan fingerprint density at radius 3 is 2.55 bits per heavy atom. The van der Waals surface area contributed by atoms with Crippen molar-refractivity contribution in [1.29, 1.82) is 0 Å². The summed E-state index contributed by atoms with van der Waals surface area (Å²) in [5, 5.41) is 18.3. The van der Waals surface area contributed by atoms with Gasteiger partial charge < -0.3 is 15.4 Å². The summed E-state index contributed by atoms with van der Waals surface area (Å²) in [6, 6.07) is 21.2. The first-order valence-corrected chi connectivity index (χ1v) is 14.0. The number of aliphatic imine (C=N–C) groups is 1. The van der Waals surface area contributed by atoms with Crippen molar-refractivity contribution < 1.29 is 24.3 Å². The number of hydrogen-bond donors (Lipinski definition) is 4. The Labute approximate surface area is 253 Å². The van der Waals surface area contributed by atoms with Crippen LogP contribution in [0.4, 0.5) is 11.4 Å². The summed E-state index contributed by atoms with van der Waals surface area (Å²) >= 11 is 0. The number of rotatable bonds is 11. The fourth-order valence-corrected chi connectivity index (χ4v) is 4.91. The number of carbonyl (C=O) groups excluding carboxylic acids is 3. The number of amides is 2. The number of aryl methyl sites for hydroxylation is 3. The zero-order valence-electron chi connectivity index (χ0n) is 24.5. The molecule has 0 fully saturated rings. The van der Waals surface area contributed by atoms with Gasteiger partial charge in [-0.1, -0.05) is 36.4 Å². The lowest BCUT2D eigenvalue weighted by molar-refractivity contribution is -0.131. The van der Waals surface area contributed by atoms with Crippen molar-refractivity contribution >= 4 is 46.1 Å². The second kappa shape index (κ2) is 13.2. The quantitative estimate of drug-likeness (QED) is 0.0946. The van der Waals surface area contributed by atoms with E-state index in [0.717, 1.165) is 17.7 Å². The first-order chi connectivity index (χ1) is 21.2. The summed E-state index contributed by atoms with van der Waals surface area (Å²) in [6.45, 7) is 1.81. The van der Waals surface area contributed by atoms with Gasteiger partial charge in [-0.25, -0.2) is 5.48 Å². The Morgan fingerprint density at radius 2 is 1.82 bits per heavy atom. The SMILES string of the molecule is CONC(=O)CCCc1ccc(N=Cc2c(O)[nH]c3cc(C(=O)c4cccc(NC(=O)c5cc(C)nn5C)c4)ccc23)cc1. The molecule has 0 unspecified atom stereocenters. The number of aromatic hydroxyl groups is 1. The van der Waals surface area contributed by atoms with E-state index in [1.807, 2.05) is 31.2 Å². The Kier molecular flexibility index (Phi) is 8.96. The van der Waals surface area contributed by atoms with Crippen LogP contribution in [0, 0.1) is 6.92 Å². The molecule has 44 heavy (non-hydrogen) atoms. The summed E-state index contributed by atoms with van der Waals surface area (Å²) < 4.78 is 1.51. The van der Waals surface area contributed by atoms with Crippen LogP contribution in [0.25, 0.3) is 10.9 Å². The molecule has 2 heterocycles. The van der Waals surface area contributed by atoms with Crippen LogP contribution in [0.2, 0.25) is 0 Å². The minimum atomic E-state index is -0.324. The molecule has 0 saturated carbocycles. The van der Waals surface area contributed by atoms with E-state index in [2.05, 4.69) is 30.7 Å². The number of nitrogens with zero attached hydrogens (tertiary/aromatic N) is 3. The third-order valence-corrected chi connectivity index (χ3v) is 7.06. The molecule has 4 N–H and O–H groups in total. The molecular weight excluding hydrogens is 560 g/mol. The van der Waals surface area contributed by atoms with Gasteiger partial charge in [-0.15, -0.1) is 0 Å². The van der Waals surface area contributed by atoms with E-state index in [1.54, 1.807) is 61.8 Å². The molecule has 3 aromatic carbocycles. The number of aromatic amines is 1. The lowest BCUT2D eigenvalue weighted by Crippen LogP contribution is -2.21. The van der Waals surface area contributed by atoms with Gasteiger partial charge in [0.25, 0.3) is 5.91 Å². The predicted molar refractivity (Wildman–Crippen MR) is 168 cm³/mol. The number of hydrogen-bond acceptors (Lipinski definition) is 7. The first kappa shape index (κ1) is 29.9. The minimum Gasteiger partial charge on any atom is -0.494 e. The third kappa shape index (κ3) is 6.90. The molecule has 0 atom stereocenters. The van der Waals surface area contributed by atoms with Gasteiger partial charge in [-0.2, -0.15) is 5.10 Å². The summed E-state index contributed by atoms with van der Waals surface area (Å²) in [7, 11) is 3.10. The molecule has 0 radical (unpaired) electrons. The van der Waals surface area contributed by atoms with E-state index in [4.69, 9.17) is 0 Å². The van der Waals surface area contributed by atoms with Crippen LogP contribution in [-0.4, -0.2) is 50.8 Å². The van der Waals surface area contributed by atoms with E-state index < -0.39 is 0 Å². The molecular formula is C33H32N6O5. The standard InChI is InChI=1S/C33H32N6O5/c1-20-16-29(39(2)37-20)33(43)35-25-8-5-7-22(17-25)31(41)23-12-15-26-27(32(42)36-28(26)18-23)19-34-24-13-10-21(11-14-24)6-4-9-30(40)38-44-3/h5,7-8,10-19,36,42H,4,6,9H2,1-3H3,(H,35,43)(H,38,40). The van der Waals surface area contributed by atoms with E-state index in [-0.39, 0.29) is 23.5 Å². The highest BCUT2D eigenvalue weighted by atomic mass is 16.6. The number of ketones is 1. The Bertz CT molecular complexity index is 1870. The fourth-order valence-electron chi connectivity index (χ4n) is 4.91. The van der Waals surface area contributed by atoms with Crippen LogP contribution in [0.5, 0.6) is 5.88 Å². The number of fused-ring (bicyclic) bond motifs is 1.